The zero-order valence-corrected chi connectivity index (χ0v) is 6.35. The minimum Gasteiger partial charge on any atom is -0.391 e. The van der Waals surface area contributed by atoms with Crippen LogP contribution in [0.25, 0.3) is 0 Å². The average Bonchev–Trinajstić information content (AvgIpc) is 1.80. The van der Waals surface area contributed by atoms with Crippen molar-refractivity contribution in [3.8, 4) is 0 Å². The van der Waals surface area contributed by atoms with Gasteiger partial charge in [0.05, 0.1) is 12.7 Å². The van der Waals surface area contributed by atoms with Gasteiger partial charge < -0.3 is 9.84 Å². The van der Waals surface area contributed by atoms with Crippen molar-refractivity contribution >= 4 is 0 Å². The lowest BCUT2D eigenvalue weighted by atomic mass is 10.4. The van der Waals surface area contributed by atoms with Crippen molar-refractivity contribution in [2.24, 2.45) is 0 Å². The van der Waals surface area contributed by atoms with E-state index in [1.165, 1.54) is 6.92 Å². The van der Waals surface area contributed by atoms with Crippen molar-refractivity contribution < 1.29 is 23.0 Å². The van der Waals surface area contributed by atoms with E-state index < -0.39 is 18.4 Å². The molecule has 2 nitrogen and oxygen atoms in total. The van der Waals surface area contributed by atoms with Gasteiger partial charge in [-0.1, -0.05) is 0 Å². The smallest absolute Gasteiger partial charge is 0.391 e. The Labute approximate surface area is 63.0 Å². The lowest BCUT2D eigenvalue weighted by Gasteiger charge is -2.16. The maximum absolute atomic E-state index is 11.7. The van der Waals surface area contributed by atoms with Gasteiger partial charge in [0.2, 0.25) is 0 Å². The van der Waals surface area contributed by atoms with E-state index in [9.17, 15) is 13.2 Å². The highest BCUT2D eigenvalue weighted by Gasteiger charge is 2.36. The number of aliphatic hydroxyl groups is 1. The van der Waals surface area contributed by atoms with E-state index in [0.29, 0.717) is 0 Å². The molecule has 0 aliphatic rings. The molecular weight excluding hydrogens is 161 g/mol. The predicted molar refractivity (Wildman–Crippen MR) is 33.1 cm³/mol. The molecule has 5 heteroatoms. The van der Waals surface area contributed by atoms with Crippen molar-refractivity contribution in [3.05, 3.63) is 0 Å². The molecule has 0 fully saturated rings. The third-order valence-electron chi connectivity index (χ3n) is 1.05. The van der Waals surface area contributed by atoms with E-state index in [4.69, 9.17) is 5.11 Å². The third-order valence-corrected chi connectivity index (χ3v) is 1.05. The number of ether oxygens (including phenoxy) is 1. The molecule has 0 aromatic rings. The van der Waals surface area contributed by atoms with E-state index in [0.717, 1.165) is 6.92 Å². The minimum atomic E-state index is -4.34. The largest absolute Gasteiger partial charge is 0.414 e. The van der Waals surface area contributed by atoms with Crippen molar-refractivity contribution in [2.75, 3.05) is 6.61 Å². The predicted octanol–water partition coefficient (Wildman–Crippen LogP) is 1.33. The normalized spacial score (nSPS) is 18.0. The maximum Gasteiger partial charge on any atom is 0.414 e. The number of halogens is 3. The quantitative estimate of drug-likeness (QED) is 0.696. The van der Waals surface area contributed by atoms with Gasteiger partial charge in [0.1, 0.15) is 0 Å². The van der Waals surface area contributed by atoms with Gasteiger partial charge in [-0.05, 0) is 13.8 Å². The first-order valence-electron chi connectivity index (χ1n) is 3.20. The van der Waals surface area contributed by atoms with Gasteiger partial charge >= 0.3 is 6.18 Å². The molecule has 0 spiro atoms. The lowest BCUT2D eigenvalue weighted by Crippen LogP contribution is -2.30. The number of aliphatic hydroxyl groups excluding tert-OH is 1. The number of alkyl halides is 3. The summed E-state index contributed by atoms with van der Waals surface area (Å²) in [7, 11) is 0. The summed E-state index contributed by atoms with van der Waals surface area (Å²) < 4.78 is 39.4. The molecule has 0 heterocycles. The Hall–Kier alpha value is -0.290. The standard InChI is InChI=1S/C6H11F3O2/c1-4(10)3-11-5(2)6(7,8)9/h4-5,10H,3H2,1-2H3/t4-,5?/m1/s1. The highest BCUT2D eigenvalue weighted by Crippen LogP contribution is 2.22. The first-order valence-corrected chi connectivity index (χ1v) is 3.20. The molecule has 1 N–H and O–H groups in total. The van der Waals surface area contributed by atoms with Crippen LogP contribution in [0.15, 0.2) is 0 Å². The van der Waals surface area contributed by atoms with E-state index in [1.807, 2.05) is 0 Å². The molecule has 2 atom stereocenters. The molecule has 0 bridgehead atoms. The molecule has 0 amide bonds. The Morgan fingerprint density at radius 2 is 1.82 bits per heavy atom. The second-order valence-corrected chi connectivity index (χ2v) is 2.37. The fourth-order valence-corrected chi connectivity index (χ4v) is 0.378. The molecule has 11 heavy (non-hydrogen) atoms. The Balaban J connectivity index is 3.61. The van der Waals surface area contributed by atoms with Crippen LogP contribution >= 0.6 is 0 Å². The fraction of sp³-hybridized carbons (Fsp3) is 1.00. The molecule has 0 aromatic heterocycles. The van der Waals surface area contributed by atoms with Crippen LogP contribution in [-0.4, -0.2) is 30.1 Å². The Morgan fingerprint density at radius 3 is 2.09 bits per heavy atom. The van der Waals surface area contributed by atoms with Crippen molar-refractivity contribution in [3.63, 3.8) is 0 Å². The van der Waals surface area contributed by atoms with Crippen LogP contribution in [0.5, 0.6) is 0 Å². The van der Waals surface area contributed by atoms with Gasteiger partial charge in [-0.2, -0.15) is 13.2 Å². The molecule has 0 aromatic carbocycles. The maximum atomic E-state index is 11.7. The van der Waals surface area contributed by atoms with Gasteiger partial charge in [-0.3, -0.25) is 0 Å². The highest BCUT2D eigenvalue weighted by atomic mass is 19.4. The Bertz CT molecular complexity index is 111. The summed E-state index contributed by atoms with van der Waals surface area (Å²) in [6.45, 7) is 1.98. The molecule has 0 aliphatic carbocycles. The van der Waals surface area contributed by atoms with Crippen LogP contribution < -0.4 is 0 Å². The lowest BCUT2D eigenvalue weighted by molar-refractivity contribution is -0.218. The summed E-state index contributed by atoms with van der Waals surface area (Å²) >= 11 is 0. The topological polar surface area (TPSA) is 29.5 Å². The van der Waals surface area contributed by atoms with Gasteiger partial charge in [-0.15, -0.1) is 0 Å². The zero-order chi connectivity index (χ0) is 9.07. The average molecular weight is 172 g/mol. The molecule has 1 unspecified atom stereocenters. The first kappa shape index (κ1) is 10.7. The third kappa shape index (κ3) is 5.03. The second-order valence-electron chi connectivity index (χ2n) is 2.37. The van der Waals surface area contributed by atoms with Crippen molar-refractivity contribution in [2.45, 2.75) is 32.2 Å². The Kier molecular flexibility index (Phi) is 3.82. The summed E-state index contributed by atoms with van der Waals surface area (Å²) in [6, 6.07) is 0. The molecule has 68 valence electrons. The Morgan fingerprint density at radius 1 is 1.36 bits per heavy atom. The SMILES string of the molecule is CC(OC[C@@H](C)O)C(F)(F)F. The van der Waals surface area contributed by atoms with Crippen LogP contribution in [0.1, 0.15) is 13.8 Å². The molecule has 0 saturated heterocycles. The van der Waals surface area contributed by atoms with Crippen LogP contribution in [0.4, 0.5) is 13.2 Å². The summed E-state index contributed by atoms with van der Waals surface area (Å²) in [5.74, 6) is 0. The van der Waals surface area contributed by atoms with Crippen molar-refractivity contribution in [1.29, 1.82) is 0 Å². The molecule has 0 rings (SSSR count). The summed E-state index contributed by atoms with van der Waals surface area (Å²) in [5, 5.41) is 8.57. The monoisotopic (exact) mass is 172 g/mol. The van der Waals surface area contributed by atoms with Gasteiger partial charge in [0.15, 0.2) is 6.10 Å². The van der Waals surface area contributed by atoms with E-state index in [1.54, 1.807) is 0 Å². The molecule has 0 saturated carbocycles. The number of hydrogen-bond donors (Lipinski definition) is 1. The first-order chi connectivity index (χ1) is 4.84. The fourth-order valence-electron chi connectivity index (χ4n) is 0.378. The van der Waals surface area contributed by atoms with Gasteiger partial charge in [0.25, 0.3) is 0 Å². The van der Waals surface area contributed by atoms with Crippen LogP contribution in [0.2, 0.25) is 0 Å². The summed E-state index contributed by atoms with van der Waals surface area (Å²) in [6.07, 6.45) is -7.01. The second kappa shape index (κ2) is 3.92. The van der Waals surface area contributed by atoms with Crippen LogP contribution in [0, 0.1) is 0 Å². The van der Waals surface area contributed by atoms with Gasteiger partial charge in [-0.25, -0.2) is 0 Å². The van der Waals surface area contributed by atoms with Gasteiger partial charge in [0, 0.05) is 0 Å². The minimum absolute atomic E-state index is 0.291. The summed E-state index contributed by atoms with van der Waals surface area (Å²) in [5.41, 5.74) is 0. The summed E-state index contributed by atoms with van der Waals surface area (Å²) in [4.78, 5) is 0. The van der Waals surface area contributed by atoms with Crippen molar-refractivity contribution in [1.82, 2.24) is 0 Å². The molecular formula is C6H11F3O2. The van der Waals surface area contributed by atoms with E-state index >= 15 is 0 Å². The number of rotatable bonds is 3. The molecule has 0 radical (unpaired) electrons. The van der Waals surface area contributed by atoms with E-state index in [2.05, 4.69) is 4.74 Å². The van der Waals surface area contributed by atoms with Crippen LogP contribution in [0.3, 0.4) is 0 Å². The molecule has 0 aliphatic heterocycles. The van der Waals surface area contributed by atoms with Crippen LogP contribution in [-0.2, 0) is 4.74 Å². The highest BCUT2D eigenvalue weighted by molar-refractivity contribution is 4.61. The zero-order valence-electron chi connectivity index (χ0n) is 6.35. The van der Waals surface area contributed by atoms with E-state index in [-0.39, 0.29) is 6.61 Å². The number of hydrogen-bond acceptors (Lipinski definition) is 2.